The van der Waals surface area contributed by atoms with E-state index in [-0.39, 0.29) is 46.1 Å². The van der Waals surface area contributed by atoms with E-state index in [0.29, 0.717) is 12.0 Å². The monoisotopic (exact) mass is 762 g/mol. The van der Waals surface area contributed by atoms with Crippen molar-refractivity contribution in [3.63, 3.8) is 0 Å². The van der Waals surface area contributed by atoms with E-state index < -0.39 is 11.6 Å². The zero-order chi connectivity index (χ0) is 35.7. The number of anilines is 1. The van der Waals surface area contributed by atoms with Crippen molar-refractivity contribution in [1.29, 1.82) is 0 Å². The van der Waals surface area contributed by atoms with Gasteiger partial charge in [0.2, 0.25) is 5.69 Å². The van der Waals surface area contributed by atoms with Crippen LogP contribution in [0.4, 0.5) is 11.4 Å². The number of unbranched alkanes of at least 4 members (excludes halogenated alkanes) is 2. The molecule has 0 spiro atoms. The third-order valence-corrected chi connectivity index (χ3v) is 10.7. The van der Waals surface area contributed by atoms with E-state index in [1.807, 2.05) is 39.0 Å². The molecule has 2 heterocycles. The lowest BCUT2D eigenvalue weighted by Crippen LogP contribution is -3.00. The molecular formula is C42H52BrClN2O4. The standard InChI is InChI=1S/C42H51ClN2O4.BrH/c1-40(2,3)49-39(48)30-20-23-33-32(27-30)42(6,7)35(44(33)8)24-21-28-15-14-16-29(38(28)43)22-25-36-41(4,5)31-17-11-12-18-34(31)45(36)26-13-9-10-19-37(46)47;/h11-12,17-18,20-24,27,29H,9-10,13-16,19,26H2,1-8H3;1H/b24-21+;. The predicted molar refractivity (Wildman–Crippen MR) is 199 cm³/mol. The van der Waals surface area contributed by atoms with E-state index in [4.69, 9.17) is 21.4 Å². The summed E-state index contributed by atoms with van der Waals surface area (Å²) < 4.78 is 7.86. The second-order valence-electron chi connectivity index (χ2n) is 15.7. The number of hydrogen-bond donors (Lipinski definition) is 1. The molecule has 5 rings (SSSR count). The minimum absolute atomic E-state index is 0. The maximum Gasteiger partial charge on any atom is 0.338 e. The van der Waals surface area contributed by atoms with Crippen LogP contribution in [0.2, 0.25) is 0 Å². The van der Waals surface area contributed by atoms with Gasteiger partial charge in [-0.1, -0.05) is 42.3 Å². The highest BCUT2D eigenvalue weighted by Crippen LogP contribution is 2.48. The summed E-state index contributed by atoms with van der Waals surface area (Å²) in [6.45, 7) is 15.4. The number of carboxylic acid groups (broad SMARTS) is 1. The van der Waals surface area contributed by atoms with E-state index in [1.165, 1.54) is 11.3 Å². The molecule has 0 aromatic heterocycles. The van der Waals surface area contributed by atoms with Crippen LogP contribution in [0.15, 0.2) is 82.7 Å². The highest BCUT2D eigenvalue weighted by Gasteiger charge is 2.44. The third kappa shape index (κ3) is 8.22. The van der Waals surface area contributed by atoms with E-state index >= 15 is 0 Å². The van der Waals surface area contributed by atoms with Gasteiger partial charge in [0.1, 0.15) is 12.6 Å². The van der Waals surface area contributed by atoms with Crippen molar-refractivity contribution in [2.45, 2.75) is 110 Å². The molecule has 1 aliphatic carbocycles. The van der Waals surface area contributed by atoms with Crippen molar-refractivity contribution < 1.29 is 41.0 Å². The number of hydrogen-bond acceptors (Lipinski definition) is 4. The van der Waals surface area contributed by atoms with Crippen LogP contribution in [0, 0.1) is 5.92 Å². The SMILES string of the molecule is C[N+]1=C(/C=C/C2=C(Cl)C(C=C=C3N(CCCCCC(=O)O)c4ccccc4C3(C)C)CCC2)C(C)(C)c2cc(C(=O)OC(C)(C)C)ccc21.[Br-]. The van der Waals surface area contributed by atoms with E-state index in [0.717, 1.165) is 71.9 Å². The average molecular weight is 764 g/mol. The molecule has 0 radical (unpaired) electrons. The van der Waals surface area contributed by atoms with Gasteiger partial charge in [-0.3, -0.25) is 4.79 Å². The number of ether oxygens (including phenoxy) is 1. The highest BCUT2D eigenvalue weighted by molar-refractivity contribution is 6.30. The van der Waals surface area contributed by atoms with Gasteiger partial charge in [0.15, 0.2) is 5.71 Å². The van der Waals surface area contributed by atoms with Crippen LogP contribution < -0.4 is 21.9 Å². The Kier molecular flexibility index (Phi) is 12.2. The Morgan fingerprint density at radius 3 is 2.46 bits per heavy atom. The van der Waals surface area contributed by atoms with Crippen LogP contribution in [0.1, 0.15) is 115 Å². The summed E-state index contributed by atoms with van der Waals surface area (Å²) in [4.78, 5) is 26.2. The Bertz CT molecular complexity index is 1800. The first-order valence-corrected chi connectivity index (χ1v) is 18.0. The first-order chi connectivity index (χ1) is 23.0. The van der Waals surface area contributed by atoms with Gasteiger partial charge in [-0.25, -0.2) is 4.79 Å². The normalized spacial score (nSPS) is 19.3. The predicted octanol–water partition coefficient (Wildman–Crippen LogP) is 6.98. The van der Waals surface area contributed by atoms with Gasteiger partial charge < -0.3 is 31.7 Å². The van der Waals surface area contributed by atoms with Crippen LogP contribution in [-0.2, 0) is 20.4 Å². The zero-order valence-electron chi connectivity index (χ0n) is 30.8. The number of aliphatic carboxylic acids is 1. The van der Waals surface area contributed by atoms with Gasteiger partial charge in [-0.15, -0.1) is 5.73 Å². The molecule has 0 bridgehead atoms. The number of fused-ring (bicyclic) bond motifs is 2. The average Bonchev–Trinajstić information content (AvgIpc) is 3.36. The van der Waals surface area contributed by atoms with Crippen molar-refractivity contribution in [2.75, 3.05) is 18.5 Å². The van der Waals surface area contributed by atoms with Gasteiger partial charge in [0.05, 0.1) is 16.7 Å². The molecule has 1 atom stereocenters. The van der Waals surface area contributed by atoms with Gasteiger partial charge >= 0.3 is 11.9 Å². The van der Waals surface area contributed by atoms with Crippen LogP contribution >= 0.6 is 11.6 Å². The Labute approximate surface area is 314 Å². The van der Waals surface area contributed by atoms with Crippen molar-refractivity contribution in [1.82, 2.24) is 0 Å². The summed E-state index contributed by atoms with van der Waals surface area (Å²) in [6, 6.07) is 14.4. The second-order valence-corrected chi connectivity index (χ2v) is 16.1. The molecule has 0 saturated carbocycles. The number of rotatable bonds is 10. The summed E-state index contributed by atoms with van der Waals surface area (Å²) >= 11 is 7.18. The first-order valence-electron chi connectivity index (χ1n) is 17.6. The van der Waals surface area contributed by atoms with Crippen molar-refractivity contribution in [3.05, 3.63) is 99.4 Å². The van der Waals surface area contributed by atoms with Crippen LogP contribution in [-0.4, -0.2) is 46.5 Å². The molecular weight excluding hydrogens is 712 g/mol. The van der Waals surface area contributed by atoms with Gasteiger partial charge in [-0.05, 0) is 116 Å². The minimum Gasteiger partial charge on any atom is -1.00 e. The number of esters is 1. The van der Waals surface area contributed by atoms with Crippen LogP contribution in [0.25, 0.3) is 0 Å². The molecule has 2 aliphatic heterocycles. The minimum atomic E-state index is -0.737. The zero-order valence-corrected chi connectivity index (χ0v) is 33.2. The Morgan fingerprint density at radius 1 is 1.04 bits per heavy atom. The lowest BCUT2D eigenvalue weighted by molar-refractivity contribution is -0.401. The first kappa shape index (κ1) is 39.4. The maximum absolute atomic E-state index is 12.9. The summed E-state index contributed by atoms with van der Waals surface area (Å²) in [5, 5.41) is 9.92. The van der Waals surface area contributed by atoms with Crippen molar-refractivity contribution in [3.8, 4) is 0 Å². The number of benzene rings is 2. The van der Waals surface area contributed by atoms with Crippen molar-refractivity contribution >= 4 is 40.6 Å². The Morgan fingerprint density at radius 2 is 1.76 bits per heavy atom. The molecule has 1 N–H and O–H groups in total. The Balaban J connectivity index is 0.00000562. The number of carboxylic acids is 1. The summed E-state index contributed by atoms with van der Waals surface area (Å²) in [7, 11) is 2.08. The van der Waals surface area contributed by atoms with Gasteiger partial charge in [0, 0.05) is 52.7 Å². The summed E-state index contributed by atoms with van der Waals surface area (Å²) in [6.07, 6.45) is 12.2. The topological polar surface area (TPSA) is 69.8 Å². The van der Waals surface area contributed by atoms with Gasteiger partial charge in [0.25, 0.3) is 0 Å². The highest BCUT2D eigenvalue weighted by atomic mass is 79.9. The number of carbonyl (C=O) groups excluding carboxylic acids is 1. The molecule has 8 heteroatoms. The fraction of sp³-hybridized carbons (Fsp3) is 0.476. The molecule has 2 aromatic carbocycles. The van der Waals surface area contributed by atoms with E-state index in [1.54, 1.807) is 0 Å². The third-order valence-electron chi connectivity index (χ3n) is 10.1. The number of allylic oxidation sites excluding steroid dienone is 5. The molecule has 1 unspecified atom stereocenters. The van der Waals surface area contributed by atoms with E-state index in [2.05, 4.69) is 92.4 Å². The maximum atomic E-state index is 12.9. The molecule has 0 saturated heterocycles. The lowest BCUT2D eigenvalue weighted by Gasteiger charge is -2.26. The molecule has 268 valence electrons. The number of para-hydroxylation sites is 1. The molecule has 50 heavy (non-hydrogen) atoms. The summed E-state index contributed by atoms with van der Waals surface area (Å²) in [5.74, 6) is -0.971. The largest absolute Gasteiger partial charge is 1.00 e. The van der Waals surface area contributed by atoms with Crippen LogP contribution in [0.3, 0.4) is 0 Å². The molecule has 0 amide bonds. The Hall–Kier alpha value is -3.38. The van der Waals surface area contributed by atoms with Gasteiger partial charge in [-0.2, -0.15) is 4.58 Å². The molecule has 6 nitrogen and oxygen atoms in total. The smallest absolute Gasteiger partial charge is 0.338 e. The number of halogens is 2. The lowest BCUT2D eigenvalue weighted by atomic mass is 9.80. The number of carbonyl (C=O) groups is 2. The number of nitrogens with zero attached hydrogens (tertiary/aromatic N) is 2. The molecule has 0 fully saturated rings. The summed E-state index contributed by atoms with van der Waals surface area (Å²) in [5.41, 5.74) is 11.3. The quantitative estimate of drug-likeness (QED) is 0.123. The van der Waals surface area contributed by atoms with E-state index in [9.17, 15) is 9.59 Å². The fourth-order valence-corrected chi connectivity index (χ4v) is 7.84. The molecule has 3 aliphatic rings. The van der Waals surface area contributed by atoms with Crippen LogP contribution in [0.5, 0.6) is 0 Å². The molecule has 2 aromatic rings. The second kappa shape index (κ2) is 15.5. The fourth-order valence-electron chi connectivity index (χ4n) is 7.51. The van der Waals surface area contributed by atoms with Crippen molar-refractivity contribution in [2.24, 2.45) is 5.92 Å².